The lowest BCUT2D eigenvalue weighted by Crippen LogP contribution is -2.30. The molecule has 0 saturated carbocycles. The number of thioether (sulfide) groups is 1. The number of nitrogens with one attached hydrogen (secondary N) is 1. The quantitative estimate of drug-likeness (QED) is 0.489. The molecule has 3 aromatic carbocycles. The van der Waals surface area contributed by atoms with Gasteiger partial charge in [-0.3, -0.25) is 9.10 Å². The van der Waals surface area contributed by atoms with Crippen LogP contribution in [0.3, 0.4) is 0 Å². The maximum atomic E-state index is 13.1. The number of rotatable bonds is 8. The van der Waals surface area contributed by atoms with Gasteiger partial charge in [-0.15, -0.1) is 11.8 Å². The highest BCUT2D eigenvalue weighted by Crippen LogP contribution is 2.26. The second kappa shape index (κ2) is 9.89. The van der Waals surface area contributed by atoms with Crippen LogP contribution >= 0.6 is 11.8 Å². The number of methoxy groups -OCH3 is 1. The van der Waals surface area contributed by atoms with E-state index in [0.29, 0.717) is 22.7 Å². The summed E-state index contributed by atoms with van der Waals surface area (Å²) < 4.78 is 32.7. The Kier molecular flexibility index (Phi) is 7.25. The lowest BCUT2D eigenvalue weighted by Gasteiger charge is -2.23. The van der Waals surface area contributed by atoms with Gasteiger partial charge in [0.15, 0.2) is 0 Å². The van der Waals surface area contributed by atoms with Crippen LogP contribution in [0.1, 0.15) is 17.3 Å². The molecule has 31 heavy (non-hydrogen) atoms. The summed E-state index contributed by atoms with van der Waals surface area (Å²) in [7, 11) is -2.15. The molecule has 0 aromatic heterocycles. The second-order valence-electron chi connectivity index (χ2n) is 6.58. The van der Waals surface area contributed by atoms with Crippen molar-refractivity contribution in [1.29, 1.82) is 0 Å². The molecule has 162 valence electrons. The third kappa shape index (κ3) is 5.21. The molecule has 0 radical (unpaired) electrons. The Bertz CT molecular complexity index is 1140. The highest BCUT2D eigenvalue weighted by Gasteiger charge is 2.23. The molecular weight excluding hydrogens is 432 g/mol. The van der Waals surface area contributed by atoms with Crippen LogP contribution in [0.5, 0.6) is 5.75 Å². The number of hydrogen-bond donors (Lipinski definition) is 1. The molecule has 3 rings (SSSR count). The summed E-state index contributed by atoms with van der Waals surface area (Å²) in [6.45, 7) is 2.04. The van der Waals surface area contributed by atoms with E-state index < -0.39 is 10.0 Å². The minimum Gasteiger partial charge on any atom is -0.497 e. The zero-order valence-electron chi connectivity index (χ0n) is 17.5. The van der Waals surface area contributed by atoms with Gasteiger partial charge in [0, 0.05) is 28.8 Å². The highest BCUT2D eigenvalue weighted by atomic mass is 32.2. The average molecular weight is 457 g/mol. The van der Waals surface area contributed by atoms with Crippen LogP contribution in [0, 0.1) is 0 Å². The number of anilines is 2. The summed E-state index contributed by atoms with van der Waals surface area (Å²) in [5, 5.41) is 2.81. The smallest absolute Gasteiger partial charge is 0.264 e. The predicted molar refractivity (Wildman–Crippen MR) is 126 cm³/mol. The molecule has 0 saturated heterocycles. The molecule has 6 nitrogen and oxygen atoms in total. The van der Waals surface area contributed by atoms with Crippen molar-refractivity contribution < 1.29 is 17.9 Å². The maximum absolute atomic E-state index is 13.1. The number of amides is 1. The summed E-state index contributed by atoms with van der Waals surface area (Å²) in [6.07, 6.45) is 1.94. The average Bonchev–Trinajstić information content (AvgIpc) is 2.80. The van der Waals surface area contributed by atoms with E-state index in [1.807, 2.05) is 6.26 Å². The first kappa shape index (κ1) is 22.7. The lowest BCUT2D eigenvalue weighted by atomic mass is 10.2. The first-order valence-corrected chi connectivity index (χ1v) is 12.3. The van der Waals surface area contributed by atoms with Gasteiger partial charge in [-0.2, -0.15) is 0 Å². The van der Waals surface area contributed by atoms with Crippen LogP contribution in [0.15, 0.2) is 82.6 Å². The summed E-state index contributed by atoms with van der Waals surface area (Å²) in [5.74, 6) is 0.348. The normalized spacial score (nSPS) is 11.1. The van der Waals surface area contributed by atoms with Gasteiger partial charge in [0.2, 0.25) is 0 Å². The van der Waals surface area contributed by atoms with Gasteiger partial charge in [0.25, 0.3) is 15.9 Å². The van der Waals surface area contributed by atoms with Crippen LogP contribution in [0.2, 0.25) is 0 Å². The maximum Gasteiger partial charge on any atom is 0.264 e. The number of ether oxygens (including phenoxy) is 1. The first-order valence-electron chi connectivity index (χ1n) is 9.61. The van der Waals surface area contributed by atoms with E-state index in [2.05, 4.69) is 5.32 Å². The molecule has 0 aliphatic heterocycles. The Balaban J connectivity index is 1.80. The molecule has 1 N–H and O–H groups in total. The Labute approximate surface area is 187 Å². The Morgan fingerprint density at radius 2 is 1.71 bits per heavy atom. The fourth-order valence-electron chi connectivity index (χ4n) is 3.05. The topological polar surface area (TPSA) is 75.7 Å². The monoisotopic (exact) mass is 456 g/mol. The minimum absolute atomic E-state index is 0.229. The van der Waals surface area contributed by atoms with Crippen LogP contribution < -0.4 is 14.4 Å². The fourth-order valence-corrected chi connectivity index (χ4v) is 4.93. The van der Waals surface area contributed by atoms with Gasteiger partial charge < -0.3 is 10.1 Å². The Morgan fingerprint density at radius 1 is 1.03 bits per heavy atom. The first-order chi connectivity index (χ1) is 14.9. The SMILES string of the molecule is CCN(c1ccc(C(=O)Nc2cccc(OC)c2)cc1)S(=O)(=O)c1ccc(SC)cc1. The van der Waals surface area contributed by atoms with E-state index in [0.717, 1.165) is 4.90 Å². The number of sulfonamides is 1. The van der Waals surface area contributed by atoms with Crippen LogP contribution in [0.25, 0.3) is 0 Å². The molecule has 3 aromatic rings. The van der Waals surface area contributed by atoms with Crippen molar-refractivity contribution in [1.82, 2.24) is 0 Å². The van der Waals surface area contributed by atoms with Crippen molar-refractivity contribution in [3.63, 3.8) is 0 Å². The van der Waals surface area contributed by atoms with Gasteiger partial charge in [0.1, 0.15) is 5.75 Å². The molecule has 0 spiro atoms. The van der Waals surface area contributed by atoms with Crippen LogP contribution in [-0.4, -0.2) is 34.2 Å². The summed E-state index contributed by atoms with van der Waals surface area (Å²) in [6, 6.07) is 20.4. The number of carbonyl (C=O) groups excluding carboxylic acids is 1. The van der Waals surface area contributed by atoms with Crippen molar-refractivity contribution in [2.45, 2.75) is 16.7 Å². The third-order valence-corrected chi connectivity index (χ3v) is 7.34. The van der Waals surface area contributed by atoms with E-state index >= 15 is 0 Å². The van der Waals surface area contributed by atoms with E-state index in [1.165, 1.54) is 4.31 Å². The minimum atomic E-state index is -3.71. The molecule has 0 bridgehead atoms. The fraction of sp³-hybridized carbons (Fsp3) is 0.174. The largest absolute Gasteiger partial charge is 0.497 e. The van der Waals surface area contributed by atoms with Crippen LogP contribution in [0.4, 0.5) is 11.4 Å². The number of hydrogen-bond acceptors (Lipinski definition) is 5. The molecule has 0 aliphatic rings. The summed E-state index contributed by atoms with van der Waals surface area (Å²) in [5.41, 5.74) is 1.53. The number of nitrogens with zero attached hydrogens (tertiary/aromatic N) is 1. The van der Waals surface area contributed by atoms with E-state index in [9.17, 15) is 13.2 Å². The van der Waals surface area contributed by atoms with Crippen LogP contribution in [-0.2, 0) is 10.0 Å². The van der Waals surface area contributed by atoms with Gasteiger partial charge in [-0.1, -0.05) is 6.07 Å². The van der Waals surface area contributed by atoms with Crippen molar-refractivity contribution in [2.24, 2.45) is 0 Å². The second-order valence-corrected chi connectivity index (χ2v) is 9.32. The van der Waals surface area contributed by atoms with Gasteiger partial charge in [-0.05, 0) is 73.8 Å². The highest BCUT2D eigenvalue weighted by molar-refractivity contribution is 7.98. The molecular formula is C23H24N2O4S2. The molecule has 0 heterocycles. The summed E-state index contributed by atoms with van der Waals surface area (Å²) in [4.78, 5) is 13.8. The lowest BCUT2D eigenvalue weighted by molar-refractivity contribution is 0.102. The standard InChI is InChI=1S/C23H24N2O4S2/c1-4-25(31(27,28)22-14-12-21(30-3)13-15-22)19-10-8-17(9-11-19)23(26)24-18-6-5-7-20(16-18)29-2/h5-16H,4H2,1-3H3,(H,24,26). The van der Waals surface area contributed by atoms with E-state index in [1.54, 1.807) is 98.6 Å². The van der Waals surface area contributed by atoms with Crippen molar-refractivity contribution in [3.05, 3.63) is 78.4 Å². The van der Waals surface area contributed by atoms with Crippen molar-refractivity contribution in [3.8, 4) is 5.75 Å². The van der Waals surface area contributed by atoms with Gasteiger partial charge >= 0.3 is 0 Å². The number of benzene rings is 3. The zero-order valence-corrected chi connectivity index (χ0v) is 19.2. The van der Waals surface area contributed by atoms with Crippen molar-refractivity contribution >= 4 is 39.1 Å². The van der Waals surface area contributed by atoms with E-state index in [4.69, 9.17) is 4.74 Å². The van der Waals surface area contributed by atoms with Gasteiger partial charge in [-0.25, -0.2) is 8.42 Å². The molecule has 0 fully saturated rings. The third-order valence-electron chi connectivity index (χ3n) is 4.68. The zero-order chi connectivity index (χ0) is 22.4. The van der Waals surface area contributed by atoms with Crippen molar-refractivity contribution in [2.75, 3.05) is 29.5 Å². The Hall–Kier alpha value is -2.97. The number of carbonyl (C=O) groups is 1. The van der Waals surface area contributed by atoms with E-state index in [-0.39, 0.29) is 17.3 Å². The molecule has 0 aliphatic carbocycles. The Morgan fingerprint density at radius 3 is 2.29 bits per heavy atom. The molecule has 8 heteroatoms. The van der Waals surface area contributed by atoms with Gasteiger partial charge in [0.05, 0.1) is 17.7 Å². The molecule has 1 amide bonds. The summed E-state index contributed by atoms with van der Waals surface area (Å²) >= 11 is 1.55. The molecule has 0 unspecified atom stereocenters. The molecule has 0 atom stereocenters. The predicted octanol–water partition coefficient (Wildman–Crippen LogP) is 4.88.